The molecule has 0 unspecified atom stereocenters. The summed E-state index contributed by atoms with van der Waals surface area (Å²) in [5.41, 5.74) is 1.53. The Balaban J connectivity index is 1.81. The Morgan fingerprint density at radius 2 is 0.792 bits per heavy atom. The van der Waals surface area contributed by atoms with Crippen LogP contribution in [0, 0.1) is 0 Å². The van der Waals surface area contributed by atoms with Gasteiger partial charge in [0.25, 0.3) is 0 Å². The lowest BCUT2D eigenvalue weighted by Gasteiger charge is -2.35. The molecule has 3 aromatic rings. The average Bonchev–Trinajstić information content (AvgIpc) is 3.08. The summed E-state index contributed by atoms with van der Waals surface area (Å²) in [6.07, 6.45) is 2.62. The zero-order valence-electron chi connectivity index (χ0n) is 26.4. The van der Waals surface area contributed by atoms with Crippen molar-refractivity contribution in [3.8, 4) is 0 Å². The van der Waals surface area contributed by atoms with Gasteiger partial charge < -0.3 is 46.6 Å². The lowest BCUT2D eigenvalue weighted by atomic mass is 9.71. The van der Waals surface area contributed by atoms with Gasteiger partial charge in [-0.05, 0) is 74.9 Å². The second kappa shape index (κ2) is 17.3. The maximum absolute atomic E-state index is 12.1. The van der Waals surface area contributed by atoms with Gasteiger partial charge in [-0.3, -0.25) is 0 Å². The van der Waals surface area contributed by atoms with E-state index < -0.39 is 17.9 Å². The van der Waals surface area contributed by atoms with Crippen LogP contribution in [0.5, 0.6) is 0 Å². The first-order chi connectivity index (χ1) is 23.1. The molecule has 0 amide bonds. The number of nitrogens with one attached hydrogen (secondary N) is 3. The molecule has 258 valence electrons. The van der Waals surface area contributed by atoms with Gasteiger partial charge in [-0.2, -0.15) is 0 Å². The third-order valence-electron chi connectivity index (χ3n) is 8.16. The molecule has 1 aliphatic rings. The van der Waals surface area contributed by atoms with Crippen LogP contribution in [0.3, 0.4) is 0 Å². The molecule has 1 fully saturated rings. The summed E-state index contributed by atoms with van der Waals surface area (Å²) in [5, 5.41) is 66.5. The molecule has 1 aliphatic carbocycles. The van der Waals surface area contributed by atoms with E-state index in [1.165, 1.54) is 36.4 Å². The molecule has 15 nitrogen and oxygen atoms in total. The van der Waals surface area contributed by atoms with Crippen LogP contribution in [0.1, 0.15) is 104 Å². The molecule has 0 atom stereocenters. The maximum Gasteiger partial charge on any atom is 0.335 e. The first-order valence-corrected chi connectivity index (χ1v) is 15.9. The maximum atomic E-state index is 12.1. The van der Waals surface area contributed by atoms with Crippen molar-refractivity contribution >= 4 is 35.4 Å². The van der Waals surface area contributed by atoms with Crippen molar-refractivity contribution in [2.45, 2.75) is 56.3 Å². The van der Waals surface area contributed by atoms with Crippen LogP contribution in [0.4, 0.5) is 17.5 Å². The van der Waals surface area contributed by atoms with Crippen molar-refractivity contribution in [2.24, 2.45) is 0 Å². The zero-order chi connectivity index (χ0) is 34.6. The van der Waals surface area contributed by atoms with Gasteiger partial charge in [0.2, 0.25) is 0 Å². The van der Waals surface area contributed by atoms with Gasteiger partial charge in [0.05, 0.1) is 16.7 Å². The fourth-order valence-electron chi connectivity index (χ4n) is 5.86. The lowest BCUT2D eigenvalue weighted by molar-refractivity contribution is 0.0686. The van der Waals surface area contributed by atoms with Gasteiger partial charge in [0.15, 0.2) is 0 Å². The van der Waals surface area contributed by atoms with Crippen molar-refractivity contribution in [3.63, 3.8) is 0 Å². The number of aromatic nitrogens is 3. The summed E-state index contributed by atoms with van der Waals surface area (Å²) >= 11 is 0. The van der Waals surface area contributed by atoms with Gasteiger partial charge in [0.1, 0.15) is 17.5 Å². The summed E-state index contributed by atoms with van der Waals surface area (Å²) in [4.78, 5) is 50.5. The highest BCUT2D eigenvalue weighted by Gasteiger charge is 2.35. The van der Waals surface area contributed by atoms with E-state index in [0.29, 0.717) is 92.7 Å². The SMILES string of the molecule is O=C(O)c1cc(NCCCO)nc(C2CC(c3cc(C(=O)O)cc(NCCCO)n3)CC(c3cc(C(=O)O)cc(NCCCO)n3)C2)c1. The number of hydrogen-bond donors (Lipinski definition) is 9. The highest BCUT2D eigenvalue weighted by Crippen LogP contribution is 2.47. The van der Waals surface area contributed by atoms with Gasteiger partial charge in [-0.15, -0.1) is 0 Å². The van der Waals surface area contributed by atoms with Crippen molar-refractivity contribution in [2.75, 3.05) is 55.4 Å². The molecular weight excluding hydrogens is 624 g/mol. The van der Waals surface area contributed by atoms with Crippen LogP contribution in [0.2, 0.25) is 0 Å². The second-order valence-corrected chi connectivity index (χ2v) is 11.7. The summed E-state index contributed by atoms with van der Waals surface area (Å²) in [6, 6.07) is 8.79. The fraction of sp³-hybridized carbons (Fsp3) is 0.455. The van der Waals surface area contributed by atoms with E-state index in [1.807, 2.05) is 0 Å². The van der Waals surface area contributed by atoms with Gasteiger partial charge in [0, 0.05) is 74.3 Å². The predicted octanol–water partition coefficient (Wildman–Crippen LogP) is 3.18. The third kappa shape index (κ3) is 9.82. The van der Waals surface area contributed by atoms with E-state index in [9.17, 15) is 45.0 Å². The topological polar surface area (TPSA) is 247 Å². The molecule has 4 rings (SSSR count). The number of aliphatic hydroxyl groups is 3. The Kier molecular flexibility index (Phi) is 13.0. The highest BCUT2D eigenvalue weighted by molar-refractivity contribution is 5.89. The molecule has 1 saturated carbocycles. The first kappa shape index (κ1) is 36.0. The first-order valence-electron chi connectivity index (χ1n) is 15.9. The minimum Gasteiger partial charge on any atom is -0.478 e. The Morgan fingerprint density at radius 3 is 1.02 bits per heavy atom. The summed E-state index contributed by atoms with van der Waals surface area (Å²) in [7, 11) is 0. The van der Waals surface area contributed by atoms with Crippen LogP contribution >= 0.6 is 0 Å². The van der Waals surface area contributed by atoms with Crippen LogP contribution in [0.15, 0.2) is 36.4 Å². The highest BCUT2D eigenvalue weighted by atomic mass is 16.4. The molecular formula is C33H42N6O9. The molecule has 0 saturated heterocycles. The monoisotopic (exact) mass is 666 g/mol. The van der Waals surface area contributed by atoms with Crippen LogP contribution in [0.25, 0.3) is 0 Å². The normalized spacial score (nSPS) is 17.4. The molecule has 0 spiro atoms. The predicted molar refractivity (Wildman–Crippen MR) is 176 cm³/mol. The molecule has 15 heteroatoms. The average molecular weight is 667 g/mol. The van der Waals surface area contributed by atoms with E-state index in [2.05, 4.69) is 16.0 Å². The molecule has 0 radical (unpaired) electrons. The molecule has 0 aliphatic heterocycles. The summed E-state index contributed by atoms with van der Waals surface area (Å²) < 4.78 is 0. The Hall–Kier alpha value is -4.86. The van der Waals surface area contributed by atoms with E-state index in [-0.39, 0.29) is 54.3 Å². The Morgan fingerprint density at radius 1 is 0.521 bits per heavy atom. The van der Waals surface area contributed by atoms with E-state index >= 15 is 0 Å². The number of hydrogen-bond acceptors (Lipinski definition) is 12. The number of nitrogens with zero attached hydrogens (tertiary/aromatic N) is 3. The fourth-order valence-corrected chi connectivity index (χ4v) is 5.86. The molecule has 3 aromatic heterocycles. The third-order valence-corrected chi connectivity index (χ3v) is 8.16. The minimum absolute atomic E-state index is 0.0212. The standard InChI is InChI=1S/C33H42N6O9/c40-7-1-4-34-28-16-22(31(43)44)13-25(37-28)19-10-20(26-14-23(32(45)46)17-29(38-26)35-5-2-8-41)12-21(11-19)27-15-24(33(47)48)18-30(39-27)36-6-3-9-42/h13-21,40-42H,1-12H2,(H,34,37)(H,35,38)(H,36,39)(H,43,44)(H,45,46)(H,47,48). The van der Waals surface area contributed by atoms with Crippen LogP contribution in [-0.4, -0.2) is 103 Å². The number of carbonyl (C=O) groups is 3. The lowest BCUT2D eigenvalue weighted by Crippen LogP contribution is -2.23. The quantitative estimate of drug-likeness (QED) is 0.0885. The number of anilines is 3. The van der Waals surface area contributed by atoms with Crippen LogP contribution in [-0.2, 0) is 0 Å². The second-order valence-electron chi connectivity index (χ2n) is 11.7. The Labute approximate surface area is 277 Å². The van der Waals surface area contributed by atoms with Crippen molar-refractivity contribution < 1.29 is 45.0 Å². The van der Waals surface area contributed by atoms with E-state index in [0.717, 1.165) is 0 Å². The largest absolute Gasteiger partial charge is 0.478 e. The smallest absolute Gasteiger partial charge is 0.335 e. The van der Waals surface area contributed by atoms with Crippen molar-refractivity contribution in [3.05, 3.63) is 70.2 Å². The number of carboxylic acid groups (broad SMARTS) is 3. The molecule has 9 N–H and O–H groups in total. The van der Waals surface area contributed by atoms with Crippen molar-refractivity contribution in [1.29, 1.82) is 0 Å². The minimum atomic E-state index is -1.14. The number of aromatic carboxylic acids is 3. The molecule has 0 bridgehead atoms. The van der Waals surface area contributed by atoms with E-state index in [4.69, 9.17) is 15.0 Å². The Bertz CT molecular complexity index is 1400. The number of pyridine rings is 3. The number of aliphatic hydroxyl groups excluding tert-OH is 3. The van der Waals surface area contributed by atoms with Gasteiger partial charge in [-0.25, -0.2) is 29.3 Å². The molecule has 3 heterocycles. The number of rotatable bonds is 18. The van der Waals surface area contributed by atoms with Gasteiger partial charge in [-0.1, -0.05) is 0 Å². The van der Waals surface area contributed by atoms with Crippen molar-refractivity contribution in [1.82, 2.24) is 15.0 Å². The zero-order valence-corrected chi connectivity index (χ0v) is 26.4. The summed E-state index contributed by atoms with van der Waals surface area (Å²) in [6.45, 7) is 0.961. The van der Waals surface area contributed by atoms with E-state index in [1.54, 1.807) is 0 Å². The number of carboxylic acids is 3. The van der Waals surface area contributed by atoms with Gasteiger partial charge >= 0.3 is 17.9 Å². The molecule has 48 heavy (non-hydrogen) atoms. The summed E-state index contributed by atoms with van der Waals surface area (Å²) in [5.74, 6) is -3.49. The van der Waals surface area contributed by atoms with Crippen LogP contribution < -0.4 is 16.0 Å². The molecule has 0 aromatic carbocycles.